The van der Waals surface area contributed by atoms with Gasteiger partial charge < -0.3 is 0 Å². The SMILES string of the molecule is C[Si](C)(C)[CH]S. The Balaban J connectivity index is 3.17. The van der Waals surface area contributed by atoms with Gasteiger partial charge in [0.2, 0.25) is 0 Å². The molecule has 0 spiro atoms. The fourth-order valence-electron chi connectivity index (χ4n) is 0. The summed E-state index contributed by atoms with van der Waals surface area (Å²) in [6.07, 6.45) is 0. The minimum atomic E-state index is -0.892. The fraction of sp³-hybridized carbons (Fsp3) is 0.750. The Morgan fingerprint density at radius 2 is 1.50 bits per heavy atom. The first-order valence-corrected chi connectivity index (χ1v) is 6.14. The molecule has 0 aromatic heterocycles. The fourth-order valence-corrected chi connectivity index (χ4v) is 0. The molecule has 2 heteroatoms. The van der Waals surface area contributed by atoms with Crippen molar-refractivity contribution in [3.8, 4) is 0 Å². The molecule has 0 heterocycles. The van der Waals surface area contributed by atoms with Gasteiger partial charge >= 0.3 is 0 Å². The predicted molar refractivity (Wildman–Crippen MR) is 36.6 cm³/mol. The highest BCUT2D eigenvalue weighted by Gasteiger charge is 2.08. The summed E-state index contributed by atoms with van der Waals surface area (Å²) in [6.45, 7) is 6.75. The van der Waals surface area contributed by atoms with Gasteiger partial charge in [0, 0.05) is 5.38 Å². The van der Waals surface area contributed by atoms with E-state index >= 15 is 0 Å². The first-order chi connectivity index (χ1) is 2.56. The number of rotatable bonds is 1. The summed E-state index contributed by atoms with van der Waals surface area (Å²) in [5, 5.41) is 2.02. The van der Waals surface area contributed by atoms with E-state index in [0.717, 1.165) is 0 Å². The Morgan fingerprint density at radius 1 is 1.33 bits per heavy atom. The van der Waals surface area contributed by atoms with E-state index in [1.165, 1.54) is 0 Å². The van der Waals surface area contributed by atoms with Gasteiger partial charge in [0.05, 0.1) is 8.07 Å². The van der Waals surface area contributed by atoms with Gasteiger partial charge in [-0.15, -0.1) is 0 Å². The Hall–Kier alpha value is 0.567. The van der Waals surface area contributed by atoms with E-state index in [9.17, 15) is 0 Å². The molecule has 0 unspecified atom stereocenters. The van der Waals surface area contributed by atoms with Crippen molar-refractivity contribution in [3.63, 3.8) is 0 Å². The van der Waals surface area contributed by atoms with Crippen molar-refractivity contribution >= 4 is 20.7 Å². The molecule has 0 rings (SSSR count). The Bertz CT molecular complexity index is 37.3. The molecule has 0 aliphatic heterocycles. The zero-order valence-corrected chi connectivity index (χ0v) is 6.42. The smallest absolute Gasteiger partial charge is 0.0594 e. The lowest BCUT2D eigenvalue weighted by Gasteiger charge is -2.08. The van der Waals surface area contributed by atoms with Crippen LogP contribution in [0.2, 0.25) is 19.6 Å². The van der Waals surface area contributed by atoms with Crippen LogP contribution < -0.4 is 0 Å². The van der Waals surface area contributed by atoms with Crippen LogP contribution in [-0.2, 0) is 0 Å². The zero-order valence-electron chi connectivity index (χ0n) is 4.52. The van der Waals surface area contributed by atoms with Crippen LogP contribution >= 0.6 is 12.6 Å². The highest BCUT2D eigenvalue weighted by Crippen LogP contribution is 2.05. The van der Waals surface area contributed by atoms with Crippen molar-refractivity contribution in [2.75, 3.05) is 0 Å². The van der Waals surface area contributed by atoms with Crippen molar-refractivity contribution in [2.45, 2.75) is 19.6 Å². The van der Waals surface area contributed by atoms with E-state index in [2.05, 4.69) is 32.3 Å². The van der Waals surface area contributed by atoms with Gasteiger partial charge in [-0.3, -0.25) is 0 Å². The van der Waals surface area contributed by atoms with E-state index < -0.39 is 8.07 Å². The molecular weight excluding hydrogens is 108 g/mol. The maximum Gasteiger partial charge on any atom is 0.0594 e. The summed E-state index contributed by atoms with van der Waals surface area (Å²) < 4.78 is 0. The highest BCUT2D eigenvalue weighted by atomic mass is 32.1. The predicted octanol–water partition coefficient (Wildman–Crippen LogP) is 1.96. The van der Waals surface area contributed by atoms with Gasteiger partial charge in [-0.05, 0) is 0 Å². The van der Waals surface area contributed by atoms with Crippen LogP contribution in [0, 0.1) is 5.38 Å². The second kappa shape index (κ2) is 2.03. The van der Waals surface area contributed by atoms with Crippen LogP contribution in [-0.4, -0.2) is 8.07 Å². The average Bonchev–Trinajstić information content (AvgIpc) is 1.35. The average molecular weight is 119 g/mol. The molecule has 0 atom stereocenters. The third-order valence-corrected chi connectivity index (χ3v) is 3.49. The lowest BCUT2D eigenvalue weighted by atomic mass is 11.8. The summed E-state index contributed by atoms with van der Waals surface area (Å²) in [7, 11) is -0.892. The van der Waals surface area contributed by atoms with Gasteiger partial charge in [-0.1, -0.05) is 19.6 Å². The standard InChI is InChI=1S/C4H11SSi/c1-6(2,3)4-5/h4-5H,1-3H3. The van der Waals surface area contributed by atoms with E-state index in [1.807, 2.05) is 5.38 Å². The molecule has 0 fully saturated rings. The van der Waals surface area contributed by atoms with Crippen LogP contribution in [0.3, 0.4) is 0 Å². The molecular formula is C4H11SSi. The molecule has 6 heavy (non-hydrogen) atoms. The Labute approximate surface area is 46.4 Å². The maximum absolute atomic E-state index is 4.04. The van der Waals surface area contributed by atoms with Crippen molar-refractivity contribution in [3.05, 3.63) is 5.38 Å². The lowest BCUT2D eigenvalue weighted by Crippen LogP contribution is -2.17. The summed E-state index contributed by atoms with van der Waals surface area (Å²) in [6, 6.07) is 0. The summed E-state index contributed by atoms with van der Waals surface area (Å²) in [4.78, 5) is 0. The maximum atomic E-state index is 4.04. The molecule has 1 radical (unpaired) electrons. The highest BCUT2D eigenvalue weighted by molar-refractivity contribution is 7.85. The van der Waals surface area contributed by atoms with Crippen molar-refractivity contribution < 1.29 is 0 Å². The first kappa shape index (κ1) is 6.57. The summed E-state index contributed by atoms with van der Waals surface area (Å²) in [5.74, 6) is 0. The van der Waals surface area contributed by atoms with Crippen molar-refractivity contribution in [1.82, 2.24) is 0 Å². The monoisotopic (exact) mass is 119 g/mol. The third kappa shape index (κ3) is 4.57. The van der Waals surface area contributed by atoms with Gasteiger partial charge in [0.15, 0.2) is 0 Å². The number of thiol groups is 1. The number of hydrogen-bond donors (Lipinski definition) is 1. The molecule has 0 amide bonds. The van der Waals surface area contributed by atoms with Crippen LogP contribution in [0.4, 0.5) is 0 Å². The third-order valence-electron chi connectivity index (χ3n) is 0.387. The van der Waals surface area contributed by atoms with Crippen LogP contribution in [0.1, 0.15) is 0 Å². The van der Waals surface area contributed by atoms with Crippen LogP contribution in [0.25, 0.3) is 0 Å². The second-order valence-electron chi connectivity index (χ2n) is 2.50. The van der Waals surface area contributed by atoms with Crippen LogP contribution in [0.15, 0.2) is 0 Å². The summed E-state index contributed by atoms with van der Waals surface area (Å²) >= 11 is 4.04. The Morgan fingerprint density at radius 3 is 1.50 bits per heavy atom. The van der Waals surface area contributed by atoms with Gasteiger partial charge in [0.25, 0.3) is 0 Å². The topological polar surface area (TPSA) is 0 Å². The van der Waals surface area contributed by atoms with Gasteiger partial charge in [-0.2, -0.15) is 12.6 Å². The largest absolute Gasteiger partial charge is 0.178 e. The molecule has 0 aliphatic rings. The van der Waals surface area contributed by atoms with Gasteiger partial charge in [-0.25, -0.2) is 0 Å². The molecule has 37 valence electrons. The van der Waals surface area contributed by atoms with Crippen molar-refractivity contribution in [2.24, 2.45) is 0 Å². The van der Waals surface area contributed by atoms with Crippen LogP contribution in [0.5, 0.6) is 0 Å². The molecule has 0 aromatic carbocycles. The summed E-state index contributed by atoms with van der Waals surface area (Å²) in [5.41, 5.74) is 0. The molecule has 0 aromatic rings. The zero-order chi connectivity index (χ0) is 5.21. The second-order valence-corrected chi connectivity index (χ2v) is 8.26. The molecule has 0 saturated carbocycles. The lowest BCUT2D eigenvalue weighted by molar-refractivity contribution is 1.77. The minimum absolute atomic E-state index is 0.892. The molecule has 0 saturated heterocycles. The number of hydrogen-bond acceptors (Lipinski definition) is 1. The van der Waals surface area contributed by atoms with Gasteiger partial charge in [0.1, 0.15) is 0 Å². The normalized spacial score (nSPS) is 12.0. The quantitative estimate of drug-likeness (QED) is 0.396. The molecule has 0 N–H and O–H groups in total. The van der Waals surface area contributed by atoms with E-state index in [0.29, 0.717) is 0 Å². The molecule has 0 aliphatic carbocycles. The molecule has 0 nitrogen and oxygen atoms in total. The minimum Gasteiger partial charge on any atom is -0.178 e. The van der Waals surface area contributed by atoms with Crippen molar-refractivity contribution in [1.29, 1.82) is 0 Å². The van der Waals surface area contributed by atoms with E-state index in [1.54, 1.807) is 0 Å². The molecule has 0 bridgehead atoms. The van der Waals surface area contributed by atoms with E-state index in [4.69, 9.17) is 0 Å². The van der Waals surface area contributed by atoms with E-state index in [-0.39, 0.29) is 0 Å². The Kier molecular flexibility index (Phi) is 2.22. The first-order valence-electron chi connectivity index (χ1n) is 2.05.